The van der Waals surface area contributed by atoms with E-state index in [4.69, 9.17) is 6.58 Å². The van der Waals surface area contributed by atoms with E-state index in [0.717, 1.165) is 54.8 Å². The summed E-state index contributed by atoms with van der Waals surface area (Å²) in [6.07, 6.45) is 4.39. The van der Waals surface area contributed by atoms with Gasteiger partial charge in [-0.2, -0.15) is 0 Å². The summed E-state index contributed by atoms with van der Waals surface area (Å²) < 4.78 is 0. The third-order valence-electron chi connectivity index (χ3n) is 14.0. The maximum atomic E-state index is 4.78. The van der Waals surface area contributed by atoms with E-state index >= 15 is 0 Å². The van der Waals surface area contributed by atoms with E-state index in [-0.39, 0.29) is 0 Å². The Kier molecular flexibility index (Phi) is 12.4. The van der Waals surface area contributed by atoms with Gasteiger partial charge < -0.3 is 0 Å². The Morgan fingerprint density at radius 2 is 0.746 bits per heavy atom. The van der Waals surface area contributed by atoms with E-state index in [1.54, 1.807) is 0 Å². The van der Waals surface area contributed by atoms with Crippen molar-refractivity contribution in [3.05, 3.63) is 293 Å². The Hall–Kier alpha value is -8.84. The van der Waals surface area contributed by atoms with Crippen molar-refractivity contribution < 1.29 is 0 Å². The summed E-state index contributed by atoms with van der Waals surface area (Å²) in [5.74, 6) is 0. The van der Waals surface area contributed by atoms with E-state index in [1.165, 1.54) is 77.7 Å². The monoisotopic (exact) mass is 906 g/mol. The quantitative estimate of drug-likeness (QED) is 0.128. The summed E-state index contributed by atoms with van der Waals surface area (Å²) in [6.45, 7) is 11.3. The van der Waals surface area contributed by atoms with E-state index in [2.05, 4.69) is 282 Å². The van der Waals surface area contributed by atoms with Gasteiger partial charge in [-0.3, -0.25) is 0 Å². The van der Waals surface area contributed by atoms with Gasteiger partial charge in [0.2, 0.25) is 0 Å². The molecule has 0 nitrogen and oxygen atoms in total. The third-order valence-corrected chi connectivity index (χ3v) is 14.0. The molecule has 338 valence electrons. The number of allylic oxidation sites excluding steroid dienone is 1. The zero-order chi connectivity index (χ0) is 48.3. The molecular weight excluding hydrogens is 853 g/mol. The van der Waals surface area contributed by atoms with Crippen LogP contribution in [0.3, 0.4) is 0 Å². The van der Waals surface area contributed by atoms with Crippen LogP contribution in [0.25, 0.3) is 107 Å². The summed E-state index contributed by atoms with van der Waals surface area (Å²) in [4.78, 5) is 0. The first-order valence-electron chi connectivity index (χ1n) is 24.6. The molecule has 0 aromatic heterocycles. The molecule has 0 bridgehead atoms. The van der Waals surface area contributed by atoms with E-state index in [0.29, 0.717) is 0 Å². The standard InChI is InChI=1S/C71H54/c1-5-21-67-48(2)34-36-69(49(67)3)71(70-37-35-55-30-18-19-33-68(55)50(70)4)57-32-20-31-56(38-57)62-45-65(63-41-58(51-22-10-6-11-23-51)39-59(42-63)52-24-12-7-13-25-52)47-66(46-62)64-43-60(53-26-14-8-15-27-53)40-61(44-64)54-28-16-9-17-29-54/h5-47H,4H2,1-3H3/b21-5-,71-70-. The van der Waals surface area contributed by atoms with Crippen molar-refractivity contribution in [2.45, 2.75) is 20.8 Å². The van der Waals surface area contributed by atoms with Crippen LogP contribution in [-0.2, 0) is 0 Å². The molecule has 0 fully saturated rings. The van der Waals surface area contributed by atoms with Gasteiger partial charge in [-0.25, -0.2) is 0 Å². The Bertz CT molecular complexity index is 3620. The smallest absolute Gasteiger partial charge is 0.00297 e. The fraction of sp³-hybridized carbons (Fsp3) is 0.0423. The van der Waals surface area contributed by atoms with Crippen molar-refractivity contribution >= 4 is 29.0 Å². The lowest BCUT2D eigenvalue weighted by atomic mass is 9.85. The average molecular weight is 907 g/mol. The van der Waals surface area contributed by atoms with E-state index in [1.807, 2.05) is 0 Å². The summed E-state index contributed by atoms with van der Waals surface area (Å²) in [5.41, 5.74) is 23.6. The van der Waals surface area contributed by atoms with Crippen LogP contribution in [0.15, 0.2) is 255 Å². The van der Waals surface area contributed by atoms with Crippen molar-refractivity contribution in [2.75, 3.05) is 0 Å². The van der Waals surface area contributed by atoms with Crippen LogP contribution >= 0.6 is 0 Å². The fourth-order valence-corrected chi connectivity index (χ4v) is 10.3. The average Bonchev–Trinajstić information content (AvgIpc) is 3.44. The second kappa shape index (κ2) is 19.6. The van der Waals surface area contributed by atoms with Gasteiger partial charge in [-0.05, 0) is 214 Å². The second-order valence-corrected chi connectivity index (χ2v) is 18.6. The van der Waals surface area contributed by atoms with Crippen molar-refractivity contribution in [3.8, 4) is 77.9 Å². The van der Waals surface area contributed by atoms with Gasteiger partial charge >= 0.3 is 0 Å². The second-order valence-electron chi connectivity index (χ2n) is 18.6. The van der Waals surface area contributed by atoms with Crippen LogP contribution in [-0.4, -0.2) is 0 Å². The van der Waals surface area contributed by atoms with Crippen molar-refractivity contribution in [2.24, 2.45) is 0 Å². The highest BCUT2D eigenvalue weighted by atomic mass is 14.2. The minimum Gasteiger partial charge on any atom is -0.0905 e. The highest BCUT2D eigenvalue weighted by Crippen LogP contribution is 2.40. The van der Waals surface area contributed by atoms with Crippen LogP contribution in [0, 0.1) is 13.8 Å². The molecule has 11 aromatic carbocycles. The molecule has 0 amide bonds. The minimum absolute atomic E-state index is 1.03. The maximum absolute atomic E-state index is 4.78. The number of aryl methyl sites for hydroxylation is 1. The fourth-order valence-electron chi connectivity index (χ4n) is 10.3. The van der Waals surface area contributed by atoms with Crippen LogP contribution in [0.2, 0.25) is 0 Å². The van der Waals surface area contributed by atoms with Crippen LogP contribution < -0.4 is 10.4 Å². The van der Waals surface area contributed by atoms with Gasteiger partial charge in [-0.15, -0.1) is 0 Å². The molecule has 11 rings (SSSR count). The Labute approximate surface area is 418 Å². The molecular formula is C71H54. The lowest BCUT2D eigenvalue weighted by Gasteiger charge is -2.18. The van der Waals surface area contributed by atoms with Crippen LogP contribution in [0.5, 0.6) is 0 Å². The largest absolute Gasteiger partial charge is 0.0905 e. The topological polar surface area (TPSA) is 0 Å². The SMILES string of the molecule is C=c1/c(=C(/c2cccc(-c3cc(-c4cc(-c5ccccc5)cc(-c5ccccc5)c4)cc(-c4cc(-c5ccccc5)cc(-c5ccccc5)c4)c3)c2)c2ccc(C)c(/C=C\C)c2C)ccc2ccccc12. The lowest BCUT2D eigenvalue weighted by molar-refractivity contribution is 1.32. The highest BCUT2D eigenvalue weighted by Gasteiger charge is 2.17. The third kappa shape index (κ3) is 9.13. The normalized spacial score (nSPS) is 11.8. The first-order valence-corrected chi connectivity index (χ1v) is 24.6. The molecule has 0 radical (unpaired) electrons. The van der Waals surface area contributed by atoms with Gasteiger partial charge in [0, 0.05) is 0 Å². The summed E-state index contributed by atoms with van der Waals surface area (Å²) in [5, 5.41) is 4.51. The highest BCUT2D eigenvalue weighted by molar-refractivity contribution is 5.92. The zero-order valence-corrected chi connectivity index (χ0v) is 40.5. The predicted molar refractivity (Wildman–Crippen MR) is 305 cm³/mol. The molecule has 0 saturated heterocycles. The minimum atomic E-state index is 1.03. The predicted octanol–water partition coefficient (Wildman–Crippen LogP) is 17.8. The molecule has 0 heterocycles. The van der Waals surface area contributed by atoms with Crippen LogP contribution in [0.4, 0.5) is 0 Å². The van der Waals surface area contributed by atoms with Gasteiger partial charge in [0.1, 0.15) is 0 Å². The first-order chi connectivity index (χ1) is 34.9. The Balaban J connectivity index is 1.18. The van der Waals surface area contributed by atoms with E-state index < -0.39 is 0 Å². The van der Waals surface area contributed by atoms with Gasteiger partial charge in [0.05, 0.1) is 0 Å². The number of hydrogen-bond acceptors (Lipinski definition) is 0. The van der Waals surface area contributed by atoms with Gasteiger partial charge in [0.15, 0.2) is 0 Å². The molecule has 0 N–H and O–H groups in total. The van der Waals surface area contributed by atoms with Gasteiger partial charge in [0.25, 0.3) is 0 Å². The molecule has 0 aliphatic carbocycles. The van der Waals surface area contributed by atoms with Crippen molar-refractivity contribution in [1.29, 1.82) is 0 Å². The maximum Gasteiger partial charge on any atom is -0.00297 e. The molecule has 0 aliphatic heterocycles. The number of hydrogen-bond donors (Lipinski definition) is 0. The molecule has 11 aromatic rings. The Morgan fingerprint density at radius 1 is 0.352 bits per heavy atom. The molecule has 0 atom stereocenters. The van der Waals surface area contributed by atoms with Crippen molar-refractivity contribution in [1.82, 2.24) is 0 Å². The molecule has 0 aliphatic rings. The van der Waals surface area contributed by atoms with Crippen LogP contribution in [0.1, 0.15) is 34.7 Å². The number of fused-ring (bicyclic) bond motifs is 1. The molecule has 71 heavy (non-hydrogen) atoms. The van der Waals surface area contributed by atoms with Gasteiger partial charge in [-0.1, -0.05) is 207 Å². The zero-order valence-electron chi connectivity index (χ0n) is 40.5. The lowest BCUT2D eigenvalue weighted by Crippen LogP contribution is -2.27. The van der Waals surface area contributed by atoms with E-state index in [9.17, 15) is 0 Å². The molecule has 0 spiro atoms. The first kappa shape index (κ1) is 44.7. The summed E-state index contributed by atoms with van der Waals surface area (Å²) >= 11 is 0. The van der Waals surface area contributed by atoms with Crippen molar-refractivity contribution in [3.63, 3.8) is 0 Å². The summed E-state index contributed by atoms with van der Waals surface area (Å²) in [6, 6.07) is 91.1. The molecule has 0 unspecified atom stereocenters. The Morgan fingerprint density at radius 3 is 1.20 bits per heavy atom. The molecule has 0 saturated carbocycles. The summed E-state index contributed by atoms with van der Waals surface area (Å²) in [7, 11) is 0. The number of rotatable bonds is 10. The molecule has 0 heteroatoms. The number of benzene rings is 11.